The number of aromatic nitrogens is 1. The Morgan fingerprint density at radius 2 is 2.06 bits per heavy atom. The van der Waals surface area contributed by atoms with Gasteiger partial charge in [-0.25, -0.2) is 9.37 Å². The Balaban J connectivity index is 3.08. The van der Waals surface area contributed by atoms with Gasteiger partial charge in [0.1, 0.15) is 32.1 Å². The highest BCUT2D eigenvalue weighted by Crippen LogP contribution is 2.19. The van der Waals surface area contributed by atoms with Crippen LogP contribution in [-0.2, 0) is 11.4 Å². The van der Waals surface area contributed by atoms with Crippen molar-refractivity contribution >= 4 is 33.0 Å². The monoisotopic (exact) mass is 320 g/mol. The molecule has 0 aliphatic rings. The highest BCUT2D eigenvalue weighted by molar-refractivity contribution is 9.10. The Morgan fingerprint density at radius 1 is 1.47 bits per heavy atom. The van der Waals surface area contributed by atoms with E-state index < -0.39 is 21.9 Å². The largest absolute Gasteiger partial charge is 0.591 e. The van der Waals surface area contributed by atoms with Crippen LogP contribution in [-0.4, -0.2) is 20.0 Å². The topological polar surface area (TPSA) is 48.3 Å². The van der Waals surface area contributed by atoms with Gasteiger partial charge in [0.15, 0.2) is 5.82 Å². The Bertz CT molecular complexity index is 446. The lowest BCUT2D eigenvalue weighted by Gasteiger charge is -2.18. The van der Waals surface area contributed by atoms with Crippen molar-refractivity contribution in [2.24, 2.45) is 4.40 Å². The van der Waals surface area contributed by atoms with E-state index in [1.807, 2.05) is 20.8 Å². The molecule has 1 rings (SSSR count). The molecule has 0 fully saturated rings. The van der Waals surface area contributed by atoms with Gasteiger partial charge in [-0.3, -0.25) is 0 Å². The molecule has 1 aromatic heterocycles. The van der Waals surface area contributed by atoms with Gasteiger partial charge in [0.05, 0.1) is 0 Å². The number of hydrogen-bond donors (Lipinski definition) is 0. The standard InChI is InChI=1S/C11H14BrFN2OS/c1-7(15-17(16)11(2,3)4)10-8(13)5-6-9(12)14-10/h5-6H,1-4H3/b15-7+. The predicted octanol–water partition coefficient (Wildman–Crippen LogP) is 3.25. The van der Waals surface area contributed by atoms with E-state index in [9.17, 15) is 8.94 Å². The lowest BCUT2D eigenvalue weighted by molar-refractivity contribution is 0.561. The normalized spacial score (nSPS) is 14.9. The van der Waals surface area contributed by atoms with E-state index in [0.717, 1.165) is 0 Å². The predicted molar refractivity (Wildman–Crippen MR) is 72.0 cm³/mol. The molecule has 0 spiro atoms. The van der Waals surface area contributed by atoms with E-state index in [4.69, 9.17) is 0 Å². The molecule has 0 bridgehead atoms. The second-order valence-corrected chi connectivity index (χ2v) is 7.22. The van der Waals surface area contributed by atoms with E-state index in [1.165, 1.54) is 12.1 Å². The Labute approximate surface area is 112 Å². The molecular weight excluding hydrogens is 307 g/mol. The minimum Gasteiger partial charge on any atom is -0.591 e. The molecule has 0 radical (unpaired) electrons. The summed E-state index contributed by atoms with van der Waals surface area (Å²) in [6.45, 7) is 7.03. The number of halogens is 2. The zero-order valence-corrected chi connectivity index (χ0v) is 12.5. The molecule has 0 aliphatic heterocycles. The first-order valence-corrected chi connectivity index (χ1v) is 6.91. The third-order valence-corrected chi connectivity index (χ3v) is 3.83. The molecule has 0 amide bonds. The summed E-state index contributed by atoms with van der Waals surface area (Å²) in [6.07, 6.45) is 0. The van der Waals surface area contributed by atoms with Crippen LogP contribution < -0.4 is 0 Å². The van der Waals surface area contributed by atoms with E-state index >= 15 is 0 Å². The fourth-order valence-electron chi connectivity index (χ4n) is 0.977. The van der Waals surface area contributed by atoms with Crippen molar-refractivity contribution in [2.45, 2.75) is 32.4 Å². The minimum atomic E-state index is -1.42. The molecule has 0 saturated carbocycles. The van der Waals surface area contributed by atoms with Crippen LogP contribution in [0.3, 0.4) is 0 Å². The summed E-state index contributed by atoms with van der Waals surface area (Å²) < 4.78 is 29.3. The van der Waals surface area contributed by atoms with Gasteiger partial charge in [0, 0.05) is 0 Å². The van der Waals surface area contributed by atoms with Gasteiger partial charge in [0.25, 0.3) is 0 Å². The van der Waals surface area contributed by atoms with Crippen LogP contribution in [0.2, 0.25) is 0 Å². The number of pyridine rings is 1. The van der Waals surface area contributed by atoms with Crippen molar-refractivity contribution in [2.75, 3.05) is 0 Å². The highest BCUT2D eigenvalue weighted by Gasteiger charge is 2.27. The van der Waals surface area contributed by atoms with E-state index in [1.54, 1.807) is 6.92 Å². The van der Waals surface area contributed by atoms with Crippen LogP contribution in [0.5, 0.6) is 0 Å². The molecular formula is C11H14BrFN2OS. The summed E-state index contributed by atoms with van der Waals surface area (Å²) in [7, 11) is 0. The fraction of sp³-hybridized carbons (Fsp3) is 0.455. The summed E-state index contributed by atoms with van der Waals surface area (Å²) >= 11 is 1.74. The molecule has 17 heavy (non-hydrogen) atoms. The third kappa shape index (κ3) is 4.04. The quantitative estimate of drug-likeness (QED) is 0.477. The van der Waals surface area contributed by atoms with Gasteiger partial charge in [0.2, 0.25) is 0 Å². The maximum Gasteiger partial charge on any atom is 0.150 e. The summed E-state index contributed by atoms with van der Waals surface area (Å²) in [4.78, 5) is 3.98. The van der Waals surface area contributed by atoms with Crippen LogP contribution in [0.4, 0.5) is 4.39 Å². The van der Waals surface area contributed by atoms with Gasteiger partial charge >= 0.3 is 0 Å². The molecule has 3 nitrogen and oxygen atoms in total. The van der Waals surface area contributed by atoms with Gasteiger partial charge in [-0.1, -0.05) is 4.40 Å². The molecule has 0 N–H and O–H groups in total. The smallest absolute Gasteiger partial charge is 0.150 e. The van der Waals surface area contributed by atoms with Crippen LogP contribution in [0.15, 0.2) is 21.1 Å². The third-order valence-electron chi connectivity index (χ3n) is 1.90. The Morgan fingerprint density at radius 3 is 2.59 bits per heavy atom. The zero-order valence-electron chi connectivity index (χ0n) is 10.1. The number of nitrogens with zero attached hydrogens (tertiary/aromatic N) is 2. The van der Waals surface area contributed by atoms with Crippen molar-refractivity contribution in [3.63, 3.8) is 0 Å². The lowest BCUT2D eigenvalue weighted by atomic mass is 10.2. The molecule has 1 atom stereocenters. The zero-order chi connectivity index (χ0) is 13.2. The van der Waals surface area contributed by atoms with Gasteiger partial charge < -0.3 is 4.55 Å². The van der Waals surface area contributed by atoms with Crippen LogP contribution in [0.25, 0.3) is 0 Å². The first-order valence-electron chi connectivity index (χ1n) is 5.01. The molecule has 0 saturated heterocycles. The summed E-state index contributed by atoms with van der Waals surface area (Å²) in [6, 6.07) is 2.80. The van der Waals surface area contributed by atoms with E-state index in [2.05, 4.69) is 25.3 Å². The molecule has 1 unspecified atom stereocenters. The second kappa shape index (κ2) is 5.46. The fourth-order valence-corrected chi connectivity index (χ4v) is 1.90. The van der Waals surface area contributed by atoms with Crippen molar-refractivity contribution in [3.8, 4) is 0 Å². The van der Waals surface area contributed by atoms with Gasteiger partial charge in [-0.15, -0.1) is 0 Å². The highest BCUT2D eigenvalue weighted by atomic mass is 79.9. The van der Waals surface area contributed by atoms with E-state index in [-0.39, 0.29) is 5.69 Å². The summed E-state index contributed by atoms with van der Waals surface area (Å²) in [5.74, 6) is -0.472. The molecule has 1 heterocycles. The Kier molecular flexibility index (Phi) is 4.69. The average Bonchev–Trinajstić information content (AvgIpc) is 2.20. The molecule has 6 heteroatoms. The van der Waals surface area contributed by atoms with Gasteiger partial charge in [-0.2, -0.15) is 0 Å². The maximum atomic E-state index is 13.5. The number of hydrogen-bond acceptors (Lipinski definition) is 3. The molecule has 1 aromatic rings. The van der Waals surface area contributed by atoms with Crippen molar-refractivity contribution < 1.29 is 8.94 Å². The second-order valence-electron chi connectivity index (χ2n) is 4.50. The van der Waals surface area contributed by atoms with Crippen molar-refractivity contribution in [3.05, 3.63) is 28.2 Å². The molecule has 0 aromatic carbocycles. The first-order chi connectivity index (χ1) is 7.71. The van der Waals surface area contributed by atoms with Crippen molar-refractivity contribution in [1.82, 2.24) is 4.98 Å². The van der Waals surface area contributed by atoms with Crippen LogP contribution in [0, 0.1) is 5.82 Å². The average molecular weight is 321 g/mol. The molecule has 0 aliphatic carbocycles. The molecule has 94 valence electrons. The van der Waals surface area contributed by atoms with Gasteiger partial charge in [-0.05, 0) is 55.8 Å². The van der Waals surface area contributed by atoms with Crippen LogP contribution >= 0.6 is 15.9 Å². The Hall–Kier alpha value is -0.460. The van der Waals surface area contributed by atoms with Crippen molar-refractivity contribution in [1.29, 1.82) is 0 Å². The lowest BCUT2D eigenvalue weighted by Crippen LogP contribution is -2.27. The minimum absolute atomic E-state index is 0.122. The summed E-state index contributed by atoms with van der Waals surface area (Å²) in [5.41, 5.74) is 0.453. The SMILES string of the molecule is C/C(=N\[S+]([O-])C(C)(C)C)c1nc(Br)ccc1F. The van der Waals surface area contributed by atoms with Crippen LogP contribution in [0.1, 0.15) is 33.4 Å². The van der Waals surface area contributed by atoms with E-state index in [0.29, 0.717) is 10.3 Å². The first kappa shape index (κ1) is 14.6. The summed E-state index contributed by atoms with van der Waals surface area (Å²) in [5, 5.41) is 0. The maximum absolute atomic E-state index is 13.5. The number of rotatable bonds is 2.